The number of nitrogens with one attached hydrogen (secondary N) is 1. The second kappa shape index (κ2) is 4.65. The van der Waals surface area contributed by atoms with Crippen molar-refractivity contribution in [2.45, 2.75) is 24.6 Å². The Morgan fingerprint density at radius 2 is 2.67 bits per heavy atom. The van der Waals surface area contributed by atoms with Crippen LogP contribution in [0.2, 0.25) is 0 Å². The second-order valence-electron chi connectivity index (χ2n) is 3.63. The van der Waals surface area contributed by atoms with Crippen LogP contribution < -0.4 is 0 Å². The molecule has 1 aromatic rings. The van der Waals surface area contributed by atoms with Crippen LogP contribution in [0.4, 0.5) is 0 Å². The van der Waals surface area contributed by atoms with Crippen LogP contribution in [0.25, 0.3) is 0 Å². The molecule has 1 aliphatic heterocycles. The van der Waals surface area contributed by atoms with E-state index < -0.39 is 0 Å². The molecule has 15 heavy (non-hydrogen) atoms. The molecule has 1 amide bonds. The molecule has 0 radical (unpaired) electrons. The number of aromatic nitrogens is 3. The lowest BCUT2D eigenvalue weighted by atomic mass is 10.2. The third-order valence-electron chi connectivity index (χ3n) is 2.43. The lowest BCUT2D eigenvalue weighted by Crippen LogP contribution is -2.33. The Balaban J connectivity index is 1.89. The van der Waals surface area contributed by atoms with E-state index in [1.807, 2.05) is 7.05 Å². The number of carbonyl (C=O) groups is 1. The molecule has 0 aromatic carbocycles. The lowest BCUT2D eigenvalue weighted by Gasteiger charge is -2.18. The number of H-pyrrole nitrogens is 1. The third-order valence-corrected chi connectivity index (χ3v) is 3.80. The number of nitrogens with zero attached hydrogens (tertiary/aromatic N) is 3. The molecule has 0 spiro atoms. The summed E-state index contributed by atoms with van der Waals surface area (Å²) in [7, 11) is 1.81. The molecule has 1 N–H and O–H groups in total. The number of hydrogen-bond acceptors (Lipinski definition) is 4. The summed E-state index contributed by atoms with van der Waals surface area (Å²) in [6, 6.07) is 0. The highest BCUT2D eigenvalue weighted by Gasteiger charge is 2.26. The number of rotatable bonds is 3. The van der Waals surface area contributed by atoms with Crippen LogP contribution in [0.1, 0.15) is 18.7 Å². The quantitative estimate of drug-likeness (QED) is 0.822. The van der Waals surface area contributed by atoms with Crippen LogP contribution in [0.15, 0.2) is 6.33 Å². The number of hydrogen-bond donors (Lipinski definition) is 1. The molecule has 1 aromatic heterocycles. The van der Waals surface area contributed by atoms with Gasteiger partial charge in [0.1, 0.15) is 12.2 Å². The van der Waals surface area contributed by atoms with Crippen molar-refractivity contribution < 1.29 is 4.79 Å². The Hall–Kier alpha value is -1.04. The van der Waals surface area contributed by atoms with Gasteiger partial charge in [-0.25, -0.2) is 4.98 Å². The molecule has 1 saturated heterocycles. The topological polar surface area (TPSA) is 61.9 Å². The van der Waals surface area contributed by atoms with Crippen molar-refractivity contribution in [3.8, 4) is 0 Å². The Morgan fingerprint density at radius 3 is 3.27 bits per heavy atom. The van der Waals surface area contributed by atoms with Crippen molar-refractivity contribution in [3.05, 3.63) is 12.2 Å². The fraction of sp³-hybridized carbons (Fsp3) is 0.667. The average Bonchev–Trinajstić information content (AvgIpc) is 2.88. The van der Waals surface area contributed by atoms with Crippen molar-refractivity contribution in [3.63, 3.8) is 0 Å². The van der Waals surface area contributed by atoms with E-state index in [1.165, 1.54) is 6.33 Å². The van der Waals surface area contributed by atoms with Gasteiger partial charge in [-0.1, -0.05) is 0 Å². The highest BCUT2D eigenvalue weighted by molar-refractivity contribution is 8.00. The molecule has 0 aliphatic carbocycles. The molecule has 1 unspecified atom stereocenters. The van der Waals surface area contributed by atoms with Gasteiger partial charge in [-0.3, -0.25) is 9.89 Å². The largest absolute Gasteiger partial charge is 0.337 e. The predicted octanol–water partition coefficient (Wildman–Crippen LogP) is 0.659. The average molecular weight is 226 g/mol. The normalized spacial score (nSPS) is 20.5. The van der Waals surface area contributed by atoms with E-state index in [4.69, 9.17) is 0 Å². The first-order valence-corrected chi connectivity index (χ1v) is 6.03. The number of aromatic amines is 1. The third kappa shape index (κ3) is 2.50. The van der Waals surface area contributed by atoms with Gasteiger partial charge in [0, 0.05) is 7.05 Å². The van der Waals surface area contributed by atoms with Crippen molar-refractivity contribution >= 4 is 17.7 Å². The van der Waals surface area contributed by atoms with Crippen LogP contribution >= 0.6 is 11.8 Å². The summed E-state index contributed by atoms with van der Waals surface area (Å²) in [4.78, 5) is 17.6. The van der Waals surface area contributed by atoms with Crippen molar-refractivity contribution in [1.29, 1.82) is 0 Å². The monoisotopic (exact) mass is 226 g/mol. The van der Waals surface area contributed by atoms with Crippen LogP contribution in [0.3, 0.4) is 0 Å². The minimum Gasteiger partial charge on any atom is -0.337 e. The van der Waals surface area contributed by atoms with Gasteiger partial charge >= 0.3 is 0 Å². The molecule has 6 heteroatoms. The first-order chi connectivity index (χ1) is 7.27. The van der Waals surface area contributed by atoms with E-state index in [1.54, 1.807) is 16.7 Å². The Labute approximate surface area is 92.6 Å². The maximum atomic E-state index is 11.9. The summed E-state index contributed by atoms with van der Waals surface area (Å²) in [5, 5.41) is 6.66. The van der Waals surface area contributed by atoms with Gasteiger partial charge in [0.05, 0.1) is 11.8 Å². The number of carbonyl (C=O) groups excluding carboxylic acids is 1. The van der Waals surface area contributed by atoms with Crippen LogP contribution in [0, 0.1) is 0 Å². The van der Waals surface area contributed by atoms with Gasteiger partial charge in [-0.2, -0.15) is 5.10 Å². The smallest absolute Gasteiger partial charge is 0.235 e. The summed E-state index contributed by atoms with van der Waals surface area (Å²) in [5.74, 6) is 2.04. The first-order valence-electron chi connectivity index (χ1n) is 4.98. The fourth-order valence-electron chi connectivity index (χ4n) is 1.63. The molecule has 0 saturated carbocycles. The van der Waals surface area contributed by atoms with Gasteiger partial charge in [-0.15, -0.1) is 11.8 Å². The summed E-state index contributed by atoms with van der Waals surface area (Å²) in [6.45, 7) is 0.510. The zero-order chi connectivity index (χ0) is 10.7. The second-order valence-corrected chi connectivity index (χ2v) is 4.94. The molecular weight excluding hydrogens is 212 g/mol. The van der Waals surface area contributed by atoms with E-state index >= 15 is 0 Å². The van der Waals surface area contributed by atoms with E-state index in [0.29, 0.717) is 6.54 Å². The summed E-state index contributed by atoms with van der Waals surface area (Å²) in [6.07, 6.45) is 3.61. The van der Waals surface area contributed by atoms with Gasteiger partial charge in [0.2, 0.25) is 5.91 Å². The lowest BCUT2D eigenvalue weighted by molar-refractivity contribution is -0.129. The maximum absolute atomic E-state index is 11.9. The van der Waals surface area contributed by atoms with Gasteiger partial charge < -0.3 is 4.90 Å². The first kappa shape index (κ1) is 10.5. The molecule has 2 rings (SSSR count). The van der Waals surface area contributed by atoms with Crippen LogP contribution in [0.5, 0.6) is 0 Å². The molecule has 0 bridgehead atoms. The molecule has 82 valence electrons. The molecular formula is C9H14N4OS. The van der Waals surface area contributed by atoms with E-state index in [-0.39, 0.29) is 11.2 Å². The summed E-state index contributed by atoms with van der Waals surface area (Å²) >= 11 is 1.75. The minimum atomic E-state index is 0.151. The molecule has 2 heterocycles. The van der Waals surface area contributed by atoms with Crippen LogP contribution in [-0.2, 0) is 11.3 Å². The SMILES string of the molecule is CN(Cc1ncn[nH]1)C(=O)C1CCCS1. The van der Waals surface area contributed by atoms with Gasteiger partial charge in [-0.05, 0) is 18.6 Å². The minimum absolute atomic E-state index is 0.151. The highest BCUT2D eigenvalue weighted by atomic mass is 32.2. The number of thioether (sulfide) groups is 1. The predicted molar refractivity (Wildman–Crippen MR) is 58.3 cm³/mol. The van der Waals surface area contributed by atoms with Crippen LogP contribution in [-0.4, -0.2) is 44.0 Å². The summed E-state index contributed by atoms with van der Waals surface area (Å²) in [5.41, 5.74) is 0. The van der Waals surface area contributed by atoms with E-state index in [0.717, 1.165) is 24.4 Å². The maximum Gasteiger partial charge on any atom is 0.235 e. The van der Waals surface area contributed by atoms with Gasteiger partial charge in [0.15, 0.2) is 0 Å². The molecule has 1 atom stereocenters. The number of amides is 1. The molecule has 1 fully saturated rings. The zero-order valence-electron chi connectivity index (χ0n) is 8.64. The van der Waals surface area contributed by atoms with Crippen molar-refractivity contribution in [1.82, 2.24) is 20.1 Å². The highest BCUT2D eigenvalue weighted by Crippen LogP contribution is 2.27. The fourth-order valence-corrected chi connectivity index (χ4v) is 2.90. The zero-order valence-corrected chi connectivity index (χ0v) is 9.46. The Morgan fingerprint density at radius 1 is 1.80 bits per heavy atom. The standard InChI is InChI=1S/C9H14N4OS/c1-13(5-8-10-6-11-12-8)9(14)7-3-2-4-15-7/h6-7H,2-5H2,1H3,(H,10,11,12). The van der Waals surface area contributed by atoms with Crippen molar-refractivity contribution in [2.24, 2.45) is 0 Å². The molecule has 1 aliphatic rings. The van der Waals surface area contributed by atoms with E-state index in [9.17, 15) is 4.79 Å². The van der Waals surface area contributed by atoms with E-state index in [2.05, 4.69) is 15.2 Å². The summed E-state index contributed by atoms with van der Waals surface area (Å²) < 4.78 is 0. The Bertz CT molecular complexity index is 321. The molecule has 5 nitrogen and oxygen atoms in total. The Kier molecular flexibility index (Phi) is 3.25. The van der Waals surface area contributed by atoms with Gasteiger partial charge in [0.25, 0.3) is 0 Å². The van der Waals surface area contributed by atoms with Crippen molar-refractivity contribution in [2.75, 3.05) is 12.8 Å².